The molecule has 0 N–H and O–H groups in total. The van der Waals surface area contributed by atoms with Crippen molar-refractivity contribution < 1.29 is 158 Å². The van der Waals surface area contributed by atoms with Gasteiger partial charge in [0.1, 0.15) is 0 Å². The fourth-order valence-electron chi connectivity index (χ4n) is 4.82. The van der Waals surface area contributed by atoms with Crippen molar-refractivity contribution in [1.29, 1.82) is 0 Å². The van der Waals surface area contributed by atoms with Gasteiger partial charge in [-0.3, -0.25) is 0 Å². The van der Waals surface area contributed by atoms with Gasteiger partial charge < -0.3 is 19.6 Å². The van der Waals surface area contributed by atoms with Crippen LogP contribution in [0.4, 0.5) is 0 Å². The molecule has 8 aromatic rings. The molecule has 0 unspecified atom stereocenters. The summed E-state index contributed by atoms with van der Waals surface area (Å²) in [5.74, 6) is 0. The van der Waals surface area contributed by atoms with Crippen molar-refractivity contribution in [1.82, 2.24) is 19.6 Å². The average molecular weight is 1400 g/mol. The first-order valence-electron chi connectivity index (χ1n) is 19.2. The summed E-state index contributed by atoms with van der Waals surface area (Å²) in [6, 6.07) is 73.7. The predicted molar refractivity (Wildman–Crippen MR) is 246 cm³/mol. The van der Waals surface area contributed by atoms with Crippen LogP contribution in [0.25, 0.3) is 0 Å². The number of nitrogens with zero attached hydrogens (tertiary/aromatic N) is 4. The minimum Gasteiger partial charge on any atom is -0.307 e. The molecule has 4 nitrogen and oxygen atoms in total. The fourth-order valence-corrected chi connectivity index (χ4v) is 4.82. The van der Waals surface area contributed by atoms with Crippen LogP contribution in [-0.4, -0.2) is 76.0 Å². The summed E-state index contributed by atoms with van der Waals surface area (Å²) in [4.78, 5) is 8.65. The Labute approximate surface area is 494 Å². The molecule has 0 saturated heterocycles. The first-order chi connectivity index (χ1) is 27.2. The quantitative estimate of drug-likeness (QED) is 0.111. The molecule has 0 atom stereocenters. The Morgan fingerprint density at radius 3 is 0.516 bits per heavy atom. The van der Waals surface area contributed by atoms with E-state index in [0.29, 0.717) is 0 Å². The van der Waals surface area contributed by atoms with Gasteiger partial charge in [0.15, 0.2) is 0 Å². The summed E-state index contributed by atoms with van der Waals surface area (Å²) in [5.41, 5.74) is 5.56. The molecule has 0 heterocycles. The number of rotatable bonds is 8. The standard InChI is InChI=1S/4C8H12N.4C5H5.4Ag.4Fe/c4*1-9(2)7-8-5-3-4-6-8;4*1-2-4-5-3-1;;;;;;;;/h4*3-6H,7H2,1-2H3;4*1-5H;;;;;;;;/q8*-1;;;2*+1;;;;. The largest absolute Gasteiger partial charge is 1.00 e. The van der Waals surface area contributed by atoms with Crippen molar-refractivity contribution in [2.45, 2.75) is 26.2 Å². The smallest absolute Gasteiger partial charge is 0.307 e. The molecule has 0 fully saturated rings. The third-order valence-corrected chi connectivity index (χ3v) is 7.14. The molecule has 0 saturated carbocycles. The van der Waals surface area contributed by atoms with Crippen LogP contribution >= 0.6 is 0 Å². The predicted octanol–water partition coefficient (Wildman–Crippen LogP) is 11.5. The van der Waals surface area contributed by atoms with Crippen LogP contribution in [0.1, 0.15) is 22.3 Å². The Kier molecular flexibility index (Phi) is 74.1. The van der Waals surface area contributed by atoms with Crippen molar-refractivity contribution in [3.8, 4) is 0 Å². The summed E-state index contributed by atoms with van der Waals surface area (Å²) in [6.07, 6.45) is 0. The third-order valence-electron chi connectivity index (χ3n) is 7.14. The van der Waals surface area contributed by atoms with Gasteiger partial charge in [-0.15, -0.1) is 0 Å². The van der Waals surface area contributed by atoms with Gasteiger partial charge in [0.05, 0.1) is 0 Å². The fraction of sp³-hybridized carbons (Fsp3) is 0.231. The van der Waals surface area contributed by atoms with Gasteiger partial charge in [-0.25, -0.2) is 97.1 Å². The Morgan fingerprint density at radius 2 is 0.438 bits per heavy atom. The molecule has 0 spiro atoms. The van der Waals surface area contributed by atoms with Crippen molar-refractivity contribution >= 4 is 0 Å². The SMILES string of the molecule is CN(C)Cc1ccc[cH-]1.CN(C)Cc1ccc[cH-]1.CN(C)Cc1ccc[cH-]1.CN(C)Cc1ccc[cH-]1.[Ag+].[Ag+].[Ag].[Ag].[Fe].[Fe].[Fe].[Fe].c1cc[cH-]c1.c1cc[cH-]c1.c1cc[cH-]c1.c1cc[cH-]c1. The second kappa shape index (κ2) is 58.8. The van der Waals surface area contributed by atoms with Crippen molar-refractivity contribution in [3.05, 3.63) is 241 Å². The minimum absolute atomic E-state index is 0. The zero-order chi connectivity index (χ0) is 40.9. The van der Waals surface area contributed by atoms with Crippen LogP contribution < -0.4 is 0 Å². The average Bonchev–Trinajstić information content (AvgIpc) is 4.02. The van der Waals surface area contributed by atoms with Crippen molar-refractivity contribution in [2.75, 3.05) is 56.4 Å². The van der Waals surface area contributed by atoms with E-state index in [9.17, 15) is 0 Å². The van der Waals surface area contributed by atoms with E-state index in [1.54, 1.807) is 0 Å². The van der Waals surface area contributed by atoms with Crippen molar-refractivity contribution in [3.63, 3.8) is 0 Å². The van der Waals surface area contributed by atoms with E-state index in [1.165, 1.54) is 22.3 Å². The Bertz CT molecular complexity index is 1400. The van der Waals surface area contributed by atoms with E-state index in [2.05, 4.69) is 173 Å². The van der Waals surface area contributed by atoms with Gasteiger partial charge in [-0.1, -0.05) is 0 Å². The molecule has 8 rings (SSSR count). The van der Waals surface area contributed by atoms with E-state index < -0.39 is 0 Å². The van der Waals surface area contributed by atoms with Gasteiger partial charge in [-0.05, 0) is 82.6 Å². The molecular formula is C52H68Ag4Fe4N4-6. The van der Waals surface area contributed by atoms with Gasteiger partial charge in [-0.2, -0.15) is 144 Å². The van der Waals surface area contributed by atoms with Crippen LogP contribution in [0.5, 0.6) is 0 Å². The Balaban J connectivity index is -0.0000000927. The van der Waals surface area contributed by atoms with E-state index in [1.807, 2.05) is 121 Å². The first-order valence-corrected chi connectivity index (χ1v) is 19.2. The Hall–Kier alpha value is -0.321. The van der Waals surface area contributed by atoms with E-state index in [-0.39, 0.29) is 158 Å². The monoisotopic (exact) mass is 1400 g/mol. The second-order valence-corrected chi connectivity index (χ2v) is 14.0. The zero-order valence-electron chi connectivity index (χ0n) is 38.0. The molecule has 378 valence electrons. The minimum atomic E-state index is 0. The molecule has 0 aliphatic carbocycles. The Morgan fingerprint density at radius 1 is 0.281 bits per heavy atom. The maximum absolute atomic E-state index is 2.16. The maximum Gasteiger partial charge on any atom is 1.00 e. The zero-order valence-corrected chi connectivity index (χ0v) is 48.4. The van der Waals surface area contributed by atoms with Crippen LogP contribution in [0, 0.1) is 0 Å². The second-order valence-electron chi connectivity index (χ2n) is 14.0. The summed E-state index contributed by atoms with van der Waals surface area (Å²) < 4.78 is 0. The molecule has 64 heavy (non-hydrogen) atoms. The van der Waals surface area contributed by atoms with Gasteiger partial charge >= 0.3 is 44.8 Å². The topological polar surface area (TPSA) is 13.0 Å². The molecule has 0 aliphatic heterocycles. The summed E-state index contributed by atoms with van der Waals surface area (Å²) in [6.45, 7) is 4.19. The molecule has 2 radical (unpaired) electrons. The number of hydrogen-bond donors (Lipinski definition) is 0. The summed E-state index contributed by atoms with van der Waals surface area (Å²) in [7, 11) is 16.6. The molecular weight excluding hydrogens is 1340 g/mol. The van der Waals surface area contributed by atoms with Crippen LogP contribution in [0.15, 0.2) is 218 Å². The summed E-state index contributed by atoms with van der Waals surface area (Å²) in [5, 5.41) is 0. The maximum atomic E-state index is 2.16. The van der Waals surface area contributed by atoms with Crippen LogP contribution in [0.2, 0.25) is 0 Å². The van der Waals surface area contributed by atoms with Crippen LogP contribution in [-0.2, 0) is 184 Å². The molecule has 0 amide bonds. The van der Waals surface area contributed by atoms with E-state index >= 15 is 0 Å². The first kappa shape index (κ1) is 80.7. The van der Waals surface area contributed by atoms with Crippen LogP contribution in [0.3, 0.4) is 0 Å². The number of hydrogen-bond acceptors (Lipinski definition) is 4. The van der Waals surface area contributed by atoms with Gasteiger partial charge in [0.25, 0.3) is 0 Å². The van der Waals surface area contributed by atoms with Gasteiger partial charge in [0, 0.05) is 113 Å². The van der Waals surface area contributed by atoms with E-state index in [4.69, 9.17) is 0 Å². The molecule has 0 aromatic heterocycles. The molecule has 0 bridgehead atoms. The molecule has 8 aromatic carbocycles. The summed E-state index contributed by atoms with van der Waals surface area (Å²) >= 11 is 0. The van der Waals surface area contributed by atoms with Gasteiger partial charge in [0.2, 0.25) is 0 Å². The van der Waals surface area contributed by atoms with Crippen molar-refractivity contribution in [2.24, 2.45) is 0 Å². The normalized spacial score (nSPS) is 8.44. The molecule has 0 aliphatic rings. The third kappa shape index (κ3) is 56.0. The molecule has 12 heteroatoms. The van der Waals surface area contributed by atoms with E-state index in [0.717, 1.165) is 26.2 Å².